The van der Waals surface area contributed by atoms with Gasteiger partial charge in [-0.15, -0.1) is 0 Å². The highest BCUT2D eigenvalue weighted by Gasteiger charge is 2.08. The Morgan fingerprint density at radius 1 is 1.83 bits per heavy atom. The van der Waals surface area contributed by atoms with Gasteiger partial charge < -0.3 is 9.67 Å². The minimum absolute atomic E-state index is 0.170. The SMILES string of the molecule is Cn1c(CF)cnc1CC(=O)O. The molecule has 0 fully saturated rings. The summed E-state index contributed by atoms with van der Waals surface area (Å²) in [6.07, 6.45) is 1.18. The number of carboxylic acid groups (broad SMARTS) is 1. The molecule has 66 valence electrons. The molecule has 0 aromatic carbocycles. The molecule has 1 heterocycles. The molecule has 1 aromatic rings. The van der Waals surface area contributed by atoms with Gasteiger partial charge in [-0.05, 0) is 0 Å². The van der Waals surface area contributed by atoms with Crippen molar-refractivity contribution < 1.29 is 14.3 Å². The zero-order valence-electron chi connectivity index (χ0n) is 6.62. The lowest BCUT2D eigenvalue weighted by Crippen LogP contribution is -2.07. The van der Waals surface area contributed by atoms with Crippen LogP contribution in [0.3, 0.4) is 0 Å². The van der Waals surface area contributed by atoms with Gasteiger partial charge in [0.1, 0.15) is 18.9 Å². The molecule has 0 aliphatic carbocycles. The smallest absolute Gasteiger partial charge is 0.311 e. The molecule has 1 rings (SSSR count). The van der Waals surface area contributed by atoms with Crippen LogP contribution in [-0.4, -0.2) is 20.6 Å². The highest BCUT2D eigenvalue weighted by Crippen LogP contribution is 2.04. The lowest BCUT2D eigenvalue weighted by atomic mass is 10.4. The van der Waals surface area contributed by atoms with E-state index in [1.807, 2.05) is 0 Å². The van der Waals surface area contributed by atoms with E-state index in [-0.39, 0.29) is 6.42 Å². The molecule has 1 aromatic heterocycles. The lowest BCUT2D eigenvalue weighted by molar-refractivity contribution is -0.136. The number of alkyl halides is 1. The van der Waals surface area contributed by atoms with E-state index in [0.717, 1.165) is 0 Å². The van der Waals surface area contributed by atoms with Gasteiger partial charge >= 0.3 is 5.97 Å². The number of carbonyl (C=O) groups is 1. The van der Waals surface area contributed by atoms with Crippen molar-refractivity contribution in [1.82, 2.24) is 9.55 Å². The zero-order chi connectivity index (χ0) is 9.14. The van der Waals surface area contributed by atoms with Crippen molar-refractivity contribution in [3.05, 3.63) is 17.7 Å². The lowest BCUT2D eigenvalue weighted by Gasteiger charge is -1.99. The molecule has 0 spiro atoms. The van der Waals surface area contributed by atoms with E-state index in [1.165, 1.54) is 10.8 Å². The first-order valence-electron chi connectivity index (χ1n) is 3.42. The predicted octanol–water partition coefficient (Wildman–Crippen LogP) is 0.517. The number of nitrogens with zero attached hydrogens (tertiary/aromatic N) is 2. The second-order valence-electron chi connectivity index (χ2n) is 2.43. The van der Waals surface area contributed by atoms with Gasteiger partial charge in [-0.3, -0.25) is 4.79 Å². The molecule has 0 aliphatic heterocycles. The maximum atomic E-state index is 12.1. The summed E-state index contributed by atoms with van der Waals surface area (Å²) in [4.78, 5) is 14.0. The first-order valence-corrected chi connectivity index (χ1v) is 3.42. The quantitative estimate of drug-likeness (QED) is 0.723. The van der Waals surface area contributed by atoms with Crippen molar-refractivity contribution in [3.63, 3.8) is 0 Å². The average molecular weight is 172 g/mol. The van der Waals surface area contributed by atoms with Gasteiger partial charge in [-0.2, -0.15) is 0 Å². The van der Waals surface area contributed by atoms with Crippen molar-refractivity contribution in [1.29, 1.82) is 0 Å². The van der Waals surface area contributed by atoms with E-state index in [9.17, 15) is 9.18 Å². The Balaban J connectivity index is 2.87. The van der Waals surface area contributed by atoms with Crippen LogP contribution in [-0.2, 0) is 24.9 Å². The molecular formula is C7H9FN2O2. The molecule has 0 unspecified atom stereocenters. The van der Waals surface area contributed by atoms with Gasteiger partial charge in [0.2, 0.25) is 0 Å². The Kier molecular flexibility index (Phi) is 2.42. The number of rotatable bonds is 3. The van der Waals surface area contributed by atoms with Gasteiger partial charge in [0.25, 0.3) is 0 Å². The van der Waals surface area contributed by atoms with Gasteiger partial charge in [-0.25, -0.2) is 9.37 Å². The first-order chi connectivity index (χ1) is 5.65. The molecule has 12 heavy (non-hydrogen) atoms. The van der Waals surface area contributed by atoms with Crippen molar-refractivity contribution >= 4 is 5.97 Å². The average Bonchev–Trinajstić information content (AvgIpc) is 2.32. The Morgan fingerprint density at radius 2 is 2.50 bits per heavy atom. The molecule has 0 amide bonds. The number of aromatic nitrogens is 2. The van der Waals surface area contributed by atoms with E-state index >= 15 is 0 Å². The minimum Gasteiger partial charge on any atom is -0.481 e. The van der Waals surface area contributed by atoms with E-state index in [0.29, 0.717) is 11.5 Å². The van der Waals surface area contributed by atoms with Gasteiger partial charge in [0, 0.05) is 7.05 Å². The van der Waals surface area contributed by atoms with E-state index < -0.39 is 12.6 Å². The number of halogens is 1. The molecule has 0 radical (unpaired) electrons. The van der Waals surface area contributed by atoms with E-state index in [4.69, 9.17) is 5.11 Å². The summed E-state index contributed by atoms with van der Waals surface area (Å²) in [6, 6.07) is 0. The third-order valence-corrected chi connectivity index (χ3v) is 1.63. The van der Waals surface area contributed by atoms with E-state index in [2.05, 4.69) is 4.98 Å². The largest absolute Gasteiger partial charge is 0.481 e. The third kappa shape index (κ3) is 1.61. The Bertz CT molecular complexity index is 296. The summed E-state index contributed by atoms with van der Waals surface area (Å²) in [5.74, 6) is -0.593. The molecule has 0 bridgehead atoms. The number of hydrogen-bond donors (Lipinski definition) is 1. The molecule has 0 atom stereocenters. The van der Waals surface area contributed by atoms with Crippen LogP contribution in [0, 0.1) is 0 Å². The zero-order valence-corrected chi connectivity index (χ0v) is 6.62. The van der Waals surface area contributed by atoms with Crippen molar-refractivity contribution in [3.8, 4) is 0 Å². The van der Waals surface area contributed by atoms with Crippen LogP contribution in [0.1, 0.15) is 11.5 Å². The molecule has 1 N–H and O–H groups in total. The molecule has 0 saturated carbocycles. The summed E-state index contributed by atoms with van der Waals surface area (Å²) in [5, 5.41) is 8.43. The van der Waals surface area contributed by atoms with Crippen LogP contribution >= 0.6 is 0 Å². The number of aliphatic carboxylic acids is 1. The first kappa shape index (κ1) is 8.70. The van der Waals surface area contributed by atoms with Crippen molar-refractivity contribution in [2.24, 2.45) is 7.05 Å². The number of carboxylic acids is 1. The Morgan fingerprint density at radius 3 is 2.92 bits per heavy atom. The van der Waals surface area contributed by atoms with Gasteiger partial charge in [0.15, 0.2) is 0 Å². The Labute approximate surface area is 68.7 Å². The summed E-state index contributed by atoms with van der Waals surface area (Å²) < 4.78 is 13.6. The molecule has 0 saturated heterocycles. The number of hydrogen-bond acceptors (Lipinski definition) is 2. The maximum Gasteiger partial charge on any atom is 0.311 e. The molecular weight excluding hydrogens is 163 g/mol. The second kappa shape index (κ2) is 3.34. The molecule has 0 aliphatic rings. The van der Waals surface area contributed by atoms with Crippen LogP contribution < -0.4 is 0 Å². The van der Waals surface area contributed by atoms with Gasteiger partial charge in [-0.1, -0.05) is 0 Å². The topological polar surface area (TPSA) is 55.1 Å². The Hall–Kier alpha value is -1.39. The van der Waals surface area contributed by atoms with Crippen LogP contribution in [0.4, 0.5) is 4.39 Å². The fourth-order valence-corrected chi connectivity index (χ4v) is 0.912. The summed E-state index contributed by atoms with van der Waals surface area (Å²) in [5.41, 5.74) is 0.395. The van der Waals surface area contributed by atoms with Crippen LogP contribution in [0.2, 0.25) is 0 Å². The van der Waals surface area contributed by atoms with Crippen molar-refractivity contribution in [2.45, 2.75) is 13.1 Å². The minimum atomic E-state index is -0.964. The summed E-state index contributed by atoms with van der Waals surface area (Å²) in [6.45, 7) is -0.622. The third-order valence-electron chi connectivity index (χ3n) is 1.63. The molecule has 4 nitrogen and oxygen atoms in total. The normalized spacial score (nSPS) is 10.2. The van der Waals surface area contributed by atoms with Crippen LogP contribution in [0.25, 0.3) is 0 Å². The van der Waals surface area contributed by atoms with Crippen molar-refractivity contribution in [2.75, 3.05) is 0 Å². The standard InChI is InChI=1S/C7H9FN2O2/c1-10-5(3-8)4-9-6(10)2-7(11)12/h4H,2-3H2,1H3,(H,11,12). The highest BCUT2D eigenvalue weighted by atomic mass is 19.1. The number of imidazole rings is 1. The van der Waals surface area contributed by atoms with Crippen LogP contribution in [0.5, 0.6) is 0 Å². The maximum absolute atomic E-state index is 12.1. The van der Waals surface area contributed by atoms with Crippen LogP contribution in [0.15, 0.2) is 6.20 Å². The summed E-state index contributed by atoms with van der Waals surface area (Å²) in [7, 11) is 1.60. The fraction of sp³-hybridized carbons (Fsp3) is 0.429. The van der Waals surface area contributed by atoms with Gasteiger partial charge in [0.05, 0.1) is 11.9 Å². The molecule has 5 heteroatoms. The predicted molar refractivity (Wildman–Crippen MR) is 39.4 cm³/mol. The fourth-order valence-electron chi connectivity index (χ4n) is 0.912. The highest BCUT2D eigenvalue weighted by molar-refractivity contribution is 5.69. The van der Waals surface area contributed by atoms with E-state index in [1.54, 1.807) is 7.05 Å². The summed E-state index contributed by atoms with van der Waals surface area (Å²) >= 11 is 0. The monoisotopic (exact) mass is 172 g/mol. The second-order valence-corrected chi connectivity index (χ2v) is 2.43.